The van der Waals surface area contributed by atoms with Crippen LogP contribution in [-0.4, -0.2) is 61.2 Å². The summed E-state index contributed by atoms with van der Waals surface area (Å²) in [6.45, 7) is 14.0. The fraction of sp³-hybridized carbons (Fsp3) is 1.00. The van der Waals surface area contributed by atoms with Gasteiger partial charge in [-0.05, 0) is 52.7 Å². The van der Waals surface area contributed by atoms with Crippen molar-refractivity contribution in [2.24, 2.45) is 0 Å². The van der Waals surface area contributed by atoms with Gasteiger partial charge in [-0.15, -0.1) is 0 Å². The molecule has 1 aliphatic heterocycles. The number of hydrogen-bond donors (Lipinski definition) is 1. The first-order valence-electron chi connectivity index (χ1n) is 8.29. The van der Waals surface area contributed by atoms with Crippen molar-refractivity contribution in [1.29, 1.82) is 0 Å². The van der Waals surface area contributed by atoms with Crippen LogP contribution in [0.4, 0.5) is 0 Å². The molecule has 0 saturated carbocycles. The van der Waals surface area contributed by atoms with E-state index in [-0.39, 0.29) is 0 Å². The lowest BCUT2D eigenvalue weighted by Crippen LogP contribution is -2.46. The Kier molecular flexibility index (Phi) is 7.96. The Balaban J connectivity index is 2.29. The van der Waals surface area contributed by atoms with Crippen LogP contribution in [0.1, 0.15) is 53.4 Å². The molecule has 0 aromatic heterocycles. The summed E-state index contributed by atoms with van der Waals surface area (Å²) >= 11 is 0. The predicted molar refractivity (Wildman–Crippen MR) is 84.7 cm³/mol. The molecule has 3 nitrogen and oxygen atoms in total. The molecule has 0 aromatic carbocycles. The second kappa shape index (κ2) is 8.93. The molecule has 1 heterocycles. The molecule has 1 saturated heterocycles. The predicted octanol–water partition coefficient (Wildman–Crippen LogP) is 2.57. The van der Waals surface area contributed by atoms with Crippen LogP contribution in [0.3, 0.4) is 0 Å². The fourth-order valence-electron chi connectivity index (χ4n) is 3.10. The van der Waals surface area contributed by atoms with Crippen molar-refractivity contribution in [1.82, 2.24) is 15.1 Å². The van der Waals surface area contributed by atoms with Crippen LogP contribution >= 0.6 is 0 Å². The van der Waals surface area contributed by atoms with Crippen molar-refractivity contribution in [3.8, 4) is 0 Å². The molecular formula is C16H35N3. The van der Waals surface area contributed by atoms with Gasteiger partial charge in [0.05, 0.1) is 0 Å². The van der Waals surface area contributed by atoms with E-state index in [1.54, 1.807) is 0 Å². The molecule has 1 fully saturated rings. The van der Waals surface area contributed by atoms with Gasteiger partial charge in [0.15, 0.2) is 0 Å². The Morgan fingerprint density at radius 3 is 2.53 bits per heavy atom. The third-order valence-corrected chi connectivity index (χ3v) is 4.84. The molecule has 0 aliphatic carbocycles. The van der Waals surface area contributed by atoms with Crippen molar-refractivity contribution in [2.45, 2.75) is 71.5 Å². The topological polar surface area (TPSA) is 18.5 Å². The summed E-state index contributed by atoms with van der Waals surface area (Å²) in [6, 6.07) is 2.10. The molecule has 0 amide bonds. The van der Waals surface area contributed by atoms with E-state index < -0.39 is 0 Å². The van der Waals surface area contributed by atoms with E-state index in [2.05, 4.69) is 49.9 Å². The standard InChI is InChI=1S/C16H35N3/c1-6-15(7-2)17-12-14(4)18(5)13-16-10-9-11-19(16)8-3/h14-17H,6-13H2,1-5H3. The summed E-state index contributed by atoms with van der Waals surface area (Å²) in [7, 11) is 2.28. The normalized spacial score (nSPS) is 22.6. The minimum absolute atomic E-state index is 0.625. The Hall–Kier alpha value is -0.120. The summed E-state index contributed by atoms with van der Waals surface area (Å²) in [5.74, 6) is 0. The van der Waals surface area contributed by atoms with E-state index >= 15 is 0 Å². The summed E-state index contributed by atoms with van der Waals surface area (Å²) in [5.41, 5.74) is 0. The molecule has 0 spiro atoms. The van der Waals surface area contributed by atoms with Gasteiger partial charge in [0.2, 0.25) is 0 Å². The van der Waals surface area contributed by atoms with Crippen LogP contribution < -0.4 is 5.32 Å². The number of nitrogens with zero attached hydrogens (tertiary/aromatic N) is 2. The summed E-state index contributed by atoms with van der Waals surface area (Å²) in [5, 5.41) is 3.69. The lowest BCUT2D eigenvalue weighted by atomic mass is 10.1. The minimum Gasteiger partial charge on any atom is -0.312 e. The van der Waals surface area contributed by atoms with Gasteiger partial charge in [-0.1, -0.05) is 20.8 Å². The van der Waals surface area contributed by atoms with Gasteiger partial charge in [0, 0.05) is 31.2 Å². The maximum absolute atomic E-state index is 3.69. The van der Waals surface area contributed by atoms with E-state index in [0.717, 1.165) is 12.6 Å². The number of rotatable bonds is 9. The van der Waals surface area contributed by atoms with Crippen molar-refractivity contribution in [2.75, 3.05) is 33.2 Å². The van der Waals surface area contributed by atoms with Gasteiger partial charge in [0.1, 0.15) is 0 Å². The second-order valence-corrected chi connectivity index (χ2v) is 6.13. The van der Waals surface area contributed by atoms with Gasteiger partial charge in [-0.2, -0.15) is 0 Å². The zero-order chi connectivity index (χ0) is 14.3. The van der Waals surface area contributed by atoms with Gasteiger partial charge in [0.25, 0.3) is 0 Å². The van der Waals surface area contributed by atoms with Crippen LogP contribution in [0.5, 0.6) is 0 Å². The van der Waals surface area contributed by atoms with Gasteiger partial charge in [-0.25, -0.2) is 0 Å². The van der Waals surface area contributed by atoms with Crippen LogP contribution in [0.25, 0.3) is 0 Å². The van der Waals surface area contributed by atoms with Gasteiger partial charge >= 0.3 is 0 Å². The molecule has 114 valence electrons. The Morgan fingerprint density at radius 1 is 1.26 bits per heavy atom. The monoisotopic (exact) mass is 269 g/mol. The molecule has 0 aromatic rings. The van der Waals surface area contributed by atoms with E-state index in [1.807, 2.05) is 0 Å². The average Bonchev–Trinajstić information content (AvgIpc) is 2.86. The number of hydrogen-bond acceptors (Lipinski definition) is 3. The van der Waals surface area contributed by atoms with Crippen molar-refractivity contribution in [3.05, 3.63) is 0 Å². The van der Waals surface area contributed by atoms with Crippen molar-refractivity contribution < 1.29 is 0 Å². The Labute approximate surface area is 120 Å². The smallest absolute Gasteiger partial charge is 0.0223 e. The SMILES string of the molecule is CCC(CC)NCC(C)N(C)CC1CCCN1CC. The van der Waals surface area contributed by atoms with E-state index in [1.165, 1.54) is 45.3 Å². The van der Waals surface area contributed by atoms with Crippen LogP contribution in [0, 0.1) is 0 Å². The molecule has 1 rings (SSSR count). The lowest BCUT2D eigenvalue weighted by Gasteiger charge is -2.32. The molecule has 0 radical (unpaired) electrons. The molecular weight excluding hydrogens is 234 g/mol. The minimum atomic E-state index is 0.625. The number of likely N-dealkylation sites (N-methyl/N-ethyl adjacent to an activating group) is 2. The molecule has 19 heavy (non-hydrogen) atoms. The zero-order valence-corrected chi connectivity index (χ0v) is 13.8. The summed E-state index contributed by atoms with van der Waals surface area (Å²) in [6.07, 6.45) is 5.23. The third-order valence-electron chi connectivity index (χ3n) is 4.84. The van der Waals surface area contributed by atoms with Gasteiger partial charge < -0.3 is 10.2 Å². The number of nitrogens with one attached hydrogen (secondary N) is 1. The third kappa shape index (κ3) is 5.41. The van der Waals surface area contributed by atoms with E-state index in [4.69, 9.17) is 0 Å². The Morgan fingerprint density at radius 2 is 1.95 bits per heavy atom. The highest BCUT2D eigenvalue weighted by atomic mass is 15.2. The lowest BCUT2D eigenvalue weighted by molar-refractivity contribution is 0.166. The molecule has 2 atom stereocenters. The first kappa shape index (κ1) is 16.9. The highest BCUT2D eigenvalue weighted by Gasteiger charge is 2.25. The first-order valence-corrected chi connectivity index (χ1v) is 8.29. The fourth-order valence-corrected chi connectivity index (χ4v) is 3.10. The molecule has 0 bridgehead atoms. The second-order valence-electron chi connectivity index (χ2n) is 6.13. The largest absolute Gasteiger partial charge is 0.312 e. The average molecular weight is 269 g/mol. The first-order chi connectivity index (χ1) is 9.12. The Bertz CT molecular complexity index is 228. The maximum atomic E-state index is 3.69. The van der Waals surface area contributed by atoms with Crippen molar-refractivity contribution >= 4 is 0 Å². The van der Waals surface area contributed by atoms with Crippen LogP contribution in [-0.2, 0) is 0 Å². The molecule has 2 unspecified atom stereocenters. The molecule has 1 aliphatic rings. The highest BCUT2D eigenvalue weighted by Crippen LogP contribution is 2.17. The van der Waals surface area contributed by atoms with Crippen molar-refractivity contribution in [3.63, 3.8) is 0 Å². The molecule has 3 heteroatoms. The molecule has 1 N–H and O–H groups in total. The maximum Gasteiger partial charge on any atom is 0.0223 e. The van der Waals surface area contributed by atoms with Gasteiger partial charge in [-0.3, -0.25) is 4.90 Å². The van der Waals surface area contributed by atoms with E-state index in [9.17, 15) is 0 Å². The zero-order valence-electron chi connectivity index (χ0n) is 13.8. The number of likely N-dealkylation sites (tertiary alicyclic amines) is 1. The van der Waals surface area contributed by atoms with E-state index in [0.29, 0.717) is 12.1 Å². The quantitative estimate of drug-likeness (QED) is 0.694. The highest BCUT2D eigenvalue weighted by molar-refractivity contribution is 4.82. The summed E-state index contributed by atoms with van der Waals surface area (Å²) < 4.78 is 0. The van der Waals surface area contributed by atoms with Crippen LogP contribution in [0.15, 0.2) is 0 Å². The summed E-state index contributed by atoms with van der Waals surface area (Å²) in [4.78, 5) is 5.17. The van der Waals surface area contributed by atoms with Crippen LogP contribution in [0.2, 0.25) is 0 Å².